The van der Waals surface area contributed by atoms with Gasteiger partial charge in [-0.3, -0.25) is 10.1 Å². The van der Waals surface area contributed by atoms with Crippen molar-refractivity contribution in [2.75, 3.05) is 11.1 Å². The monoisotopic (exact) mass is 231 g/mol. The van der Waals surface area contributed by atoms with Crippen molar-refractivity contribution >= 4 is 17.6 Å². The number of hydrogen-bond donors (Lipinski definition) is 2. The van der Waals surface area contributed by atoms with Crippen LogP contribution in [0.4, 0.5) is 11.7 Å². The van der Waals surface area contributed by atoms with E-state index in [-0.39, 0.29) is 18.3 Å². The molecule has 0 aliphatic carbocycles. The van der Waals surface area contributed by atoms with Crippen LogP contribution in [0, 0.1) is 6.92 Å². The number of hydrogen-bond acceptors (Lipinski definition) is 4. The molecule has 3 N–H and O–H groups in total. The number of carbonyl (C=O) groups is 1. The van der Waals surface area contributed by atoms with Gasteiger partial charge in [-0.2, -0.15) is 4.98 Å². The molecule has 0 bridgehead atoms. The maximum atomic E-state index is 11.6. The van der Waals surface area contributed by atoms with E-state index >= 15 is 0 Å². The number of oxazole rings is 1. The van der Waals surface area contributed by atoms with Crippen LogP contribution in [0.5, 0.6) is 0 Å². The Morgan fingerprint density at radius 2 is 2.12 bits per heavy atom. The zero-order valence-corrected chi connectivity index (χ0v) is 9.43. The van der Waals surface area contributed by atoms with E-state index < -0.39 is 0 Å². The molecule has 0 spiro atoms. The zero-order valence-electron chi connectivity index (χ0n) is 9.43. The fourth-order valence-corrected chi connectivity index (χ4v) is 1.40. The largest absolute Gasteiger partial charge is 0.432 e. The van der Waals surface area contributed by atoms with E-state index in [9.17, 15) is 4.79 Å². The summed E-state index contributed by atoms with van der Waals surface area (Å²) in [5.74, 6) is -0.170. The van der Waals surface area contributed by atoms with Crippen LogP contribution in [-0.4, -0.2) is 10.9 Å². The highest BCUT2D eigenvalue weighted by molar-refractivity contribution is 5.90. The number of nitrogens with zero attached hydrogens (tertiary/aromatic N) is 1. The summed E-state index contributed by atoms with van der Waals surface area (Å²) in [6.45, 7) is 1.79. The summed E-state index contributed by atoms with van der Waals surface area (Å²) < 4.78 is 5.03. The number of carbonyl (C=O) groups excluding carboxylic acids is 1. The molecule has 0 saturated heterocycles. The third-order valence-electron chi connectivity index (χ3n) is 2.21. The third kappa shape index (κ3) is 3.07. The Labute approximate surface area is 98.6 Å². The Morgan fingerprint density at radius 3 is 2.71 bits per heavy atom. The number of nitrogen functional groups attached to an aromatic ring is 1. The first-order valence-electron chi connectivity index (χ1n) is 5.20. The second-order valence-electron chi connectivity index (χ2n) is 3.76. The van der Waals surface area contributed by atoms with Crippen LogP contribution in [0.1, 0.15) is 11.3 Å². The number of amides is 1. The second kappa shape index (κ2) is 4.69. The summed E-state index contributed by atoms with van der Waals surface area (Å²) in [6.07, 6.45) is 1.75. The van der Waals surface area contributed by atoms with Crippen molar-refractivity contribution in [2.45, 2.75) is 13.3 Å². The minimum Gasteiger partial charge on any atom is -0.432 e. The fraction of sp³-hybridized carbons (Fsp3) is 0.167. The molecule has 0 unspecified atom stereocenters. The summed E-state index contributed by atoms with van der Waals surface area (Å²) >= 11 is 0. The average molecular weight is 231 g/mol. The van der Waals surface area contributed by atoms with E-state index in [2.05, 4.69) is 10.3 Å². The summed E-state index contributed by atoms with van der Waals surface area (Å²) in [5, 5.41) is 2.58. The van der Waals surface area contributed by atoms with Gasteiger partial charge in [0.2, 0.25) is 5.91 Å². The van der Waals surface area contributed by atoms with Crippen LogP contribution in [-0.2, 0) is 11.2 Å². The molecule has 0 aliphatic rings. The standard InChI is InChI=1S/C12H13N3O2/c1-8-7-17-12(14-8)15-11(16)6-9-2-4-10(13)5-3-9/h2-5,7H,6,13H2,1H3,(H,14,15,16). The van der Waals surface area contributed by atoms with Gasteiger partial charge in [-0.25, -0.2) is 0 Å². The summed E-state index contributed by atoms with van der Waals surface area (Å²) in [7, 11) is 0. The van der Waals surface area contributed by atoms with Gasteiger partial charge in [0.25, 0.3) is 0 Å². The topological polar surface area (TPSA) is 81.2 Å². The van der Waals surface area contributed by atoms with Gasteiger partial charge >= 0.3 is 6.01 Å². The van der Waals surface area contributed by atoms with Crippen LogP contribution in [0.25, 0.3) is 0 Å². The number of benzene rings is 1. The lowest BCUT2D eigenvalue weighted by Gasteiger charge is -2.01. The van der Waals surface area contributed by atoms with Gasteiger partial charge in [-0.1, -0.05) is 12.1 Å². The predicted molar refractivity (Wildman–Crippen MR) is 64.4 cm³/mol. The van der Waals surface area contributed by atoms with Crippen LogP contribution in [0.2, 0.25) is 0 Å². The lowest BCUT2D eigenvalue weighted by Crippen LogP contribution is -2.14. The smallest absolute Gasteiger partial charge is 0.301 e. The number of nitrogens with one attached hydrogen (secondary N) is 1. The molecule has 88 valence electrons. The molecule has 0 radical (unpaired) electrons. The maximum Gasteiger partial charge on any atom is 0.301 e. The minimum atomic E-state index is -0.170. The van der Waals surface area contributed by atoms with Crippen molar-refractivity contribution in [3.05, 3.63) is 41.8 Å². The van der Waals surface area contributed by atoms with Crippen LogP contribution >= 0.6 is 0 Å². The van der Waals surface area contributed by atoms with Gasteiger partial charge in [0.1, 0.15) is 6.26 Å². The SMILES string of the molecule is Cc1coc(NC(=O)Cc2ccc(N)cc2)n1. The molecule has 1 aromatic heterocycles. The van der Waals surface area contributed by atoms with Gasteiger partial charge in [-0.05, 0) is 24.6 Å². The summed E-state index contributed by atoms with van der Waals surface area (Å²) in [4.78, 5) is 15.6. The van der Waals surface area contributed by atoms with E-state index in [1.54, 1.807) is 19.1 Å². The first-order chi connectivity index (χ1) is 8.13. The van der Waals surface area contributed by atoms with Crippen LogP contribution < -0.4 is 11.1 Å². The Balaban J connectivity index is 1.95. The van der Waals surface area contributed by atoms with Crippen molar-refractivity contribution in [3.63, 3.8) is 0 Å². The summed E-state index contributed by atoms with van der Waals surface area (Å²) in [5.41, 5.74) is 7.85. The molecule has 17 heavy (non-hydrogen) atoms. The van der Waals surface area contributed by atoms with Crippen LogP contribution in [0.15, 0.2) is 34.9 Å². The number of aromatic nitrogens is 1. The van der Waals surface area contributed by atoms with Gasteiger partial charge in [0.15, 0.2) is 0 Å². The molecule has 1 aromatic carbocycles. The molecule has 0 aliphatic heterocycles. The molecule has 5 heteroatoms. The molecule has 2 rings (SSSR count). The number of rotatable bonds is 3. The molecule has 2 aromatic rings. The quantitative estimate of drug-likeness (QED) is 0.788. The highest BCUT2D eigenvalue weighted by atomic mass is 16.4. The Bertz CT molecular complexity index is 517. The van der Waals surface area contributed by atoms with Gasteiger partial charge < -0.3 is 10.2 Å². The number of aryl methyl sites for hydroxylation is 1. The van der Waals surface area contributed by atoms with Crippen LogP contribution in [0.3, 0.4) is 0 Å². The maximum absolute atomic E-state index is 11.6. The third-order valence-corrected chi connectivity index (χ3v) is 2.21. The average Bonchev–Trinajstić information content (AvgIpc) is 2.67. The van der Waals surface area contributed by atoms with E-state index in [0.717, 1.165) is 11.3 Å². The van der Waals surface area contributed by atoms with E-state index in [1.165, 1.54) is 6.26 Å². The van der Waals surface area contributed by atoms with Gasteiger partial charge in [0, 0.05) is 5.69 Å². The highest BCUT2D eigenvalue weighted by Crippen LogP contribution is 2.09. The van der Waals surface area contributed by atoms with Gasteiger partial charge in [-0.15, -0.1) is 0 Å². The first kappa shape index (κ1) is 11.2. The highest BCUT2D eigenvalue weighted by Gasteiger charge is 2.07. The summed E-state index contributed by atoms with van der Waals surface area (Å²) in [6, 6.07) is 7.38. The van der Waals surface area contributed by atoms with Crippen molar-refractivity contribution in [1.82, 2.24) is 4.98 Å². The molecule has 0 saturated carbocycles. The van der Waals surface area contributed by atoms with E-state index in [4.69, 9.17) is 10.2 Å². The molecule has 0 fully saturated rings. The molecule has 1 heterocycles. The Hall–Kier alpha value is -2.30. The van der Waals surface area contributed by atoms with Crippen molar-refractivity contribution < 1.29 is 9.21 Å². The molecule has 1 amide bonds. The molecular weight excluding hydrogens is 218 g/mol. The van der Waals surface area contributed by atoms with Gasteiger partial charge in [0.05, 0.1) is 12.1 Å². The fourth-order valence-electron chi connectivity index (χ4n) is 1.40. The first-order valence-corrected chi connectivity index (χ1v) is 5.20. The predicted octanol–water partition coefficient (Wildman–Crippen LogP) is 1.75. The second-order valence-corrected chi connectivity index (χ2v) is 3.76. The lowest BCUT2D eigenvalue weighted by molar-refractivity contribution is -0.115. The van der Waals surface area contributed by atoms with Crippen molar-refractivity contribution in [2.24, 2.45) is 0 Å². The minimum absolute atomic E-state index is 0.170. The van der Waals surface area contributed by atoms with Crippen molar-refractivity contribution in [3.8, 4) is 0 Å². The van der Waals surface area contributed by atoms with E-state index in [0.29, 0.717) is 5.69 Å². The normalized spacial score (nSPS) is 10.2. The van der Waals surface area contributed by atoms with E-state index in [1.807, 2.05) is 12.1 Å². The molecule has 0 atom stereocenters. The molecule has 5 nitrogen and oxygen atoms in total. The number of nitrogens with two attached hydrogens (primary N) is 1. The Kier molecular flexibility index (Phi) is 3.09. The lowest BCUT2D eigenvalue weighted by atomic mass is 10.1. The number of anilines is 2. The Morgan fingerprint density at radius 1 is 1.41 bits per heavy atom. The zero-order chi connectivity index (χ0) is 12.3. The van der Waals surface area contributed by atoms with Crippen molar-refractivity contribution in [1.29, 1.82) is 0 Å². The molecular formula is C12H13N3O2.